The number of aromatic nitrogens is 3. The maximum atomic E-state index is 13.5. The largest absolute Gasteiger partial charge is 0.493 e. The Bertz CT molecular complexity index is 1630. The maximum absolute atomic E-state index is 13.5. The first-order chi connectivity index (χ1) is 18.7. The van der Waals surface area contributed by atoms with E-state index in [1.165, 1.54) is 37.1 Å². The van der Waals surface area contributed by atoms with Gasteiger partial charge in [0, 0.05) is 23.9 Å². The fraction of sp³-hybridized carbons (Fsp3) is 0.276. The Labute approximate surface area is 224 Å². The maximum Gasteiger partial charge on any atom is 0.331 e. The van der Waals surface area contributed by atoms with Crippen LogP contribution in [0.2, 0.25) is 0 Å². The fourth-order valence-electron chi connectivity index (χ4n) is 4.51. The smallest absolute Gasteiger partial charge is 0.331 e. The molecule has 0 aliphatic rings. The minimum absolute atomic E-state index is 0.0570. The zero-order chi connectivity index (χ0) is 28.3. The molecule has 0 saturated heterocycles. The number of alkyl halides is 2. The number of pyridine rings is 1. The Kier molecular flexibility index (Phi) is 8.13. The molecule has 2 heterocycles. The second kappa shape index (κ2) is 11.5. The molecule has 0 unspecified atom stereocenters. The molecule has 0 N–H and O–H groups in total. The molecule has 0 aliphatic carbocycles. The summed E-state index contributed by atoms with van der Waals surface area (Å²) in [6, 6.07) is 12.9. The van der Waals surface area contributed by atoms with Crippen LogP contribution in [0.25, 0.3) is 11.3 Å². The third kappa shape index (κ3) is 5.41. The lowest BCUT2D eigenvalue weighted by Crippen LogP contribution is -2.42. The second-order valence-electron chi connectivity index (χ2n) is 8.86. The SMILES string of the molecule is CCn1c(-c2ccc(Oc3ncccc3C(F)F)cc2C)c(C)c(=O)n(Cc2ccc(OC)c(OC)c2)c1=O. The standard InChI is InChI=1S/C29H29F2N3O5/c1-6-33-25(21-11-10-20(14-17(21)2)39-27-22(26(30)31)8-7-13-32-27)18(3)28(35)34(29(33)36)16-19-9-12-23(37-4)24(15-19)38-5/h7-15,26H,6,16H2,1-5H3. The van der Waals surface area contributed by atoms with Crippen LogP contribution in [-0.4, -0.2) is 28.3 Å². The summed E-state index contributed by atoms with van der Waals surface area (Å²) in [5.41, 5.74) is 1.78. The summed E-state index contributed by atoms with van der Waals surface area (Å²) in [7, 11) is 3.05. The summed E-state index contributed by atoms with van der Waals surface area (Å²) < 4.78 is 45.7. The topological polar surface area (TPSA) is 84.6 Å². The second-order valence-corrected chi connectivity index (χ2v) is 8.86. The van der Waals surface area contributed by atoms with E-state index in [-0.39, 0.29) is 18.0 Å². The van der Waals surface area contributed by atoms with Gasteiger partial charge in [-0.25, -0.2) is 18.6 Å². The van der Waals surface area contributed by atoms with Crippen molar-refractivity contribution >= 4 is 0 Å². The van der Waals surface area contributed by atoms with Gasteiger partial charge in [-0.1, -0.05) is 6.07 Å². The van der Waals surface area contributed by atoms with E-state index in [9.17, 15) is 18.4 Å². The first-order valence-corrected chi connectivity index (χ1v) is 12.3. The van der Waals surface area contributed by atoms with Crippen molar-refractivity contribution in [2.75, 3.05) is 14.2 Å². The van der Waals surface area contributed by atoms with Crippen LogP contribution in [0.4, 0.5) is 8.78 Å². The Morgan fingerprint density at radius 3 is 2.33 bits per heavy atom. The molecule has 0 spiro atoms. The van der Waals surface area contributed by atoms with Crippen LogP contribution in [0.3, 0.4) is 0 Å². The van der Waals surface area contributed by atoms with Crippen molar-refractivity contribution < 1.29 is 23.0 Å². The zero-order valence-corrected chi connectivity index (χ0v) is 22.3. The van der Waals surface area contributed by atoms with E-state index in [0.717, 1.165) is 0 Å². The number of hydrogen-bond acceptors (Lipinski definition) is 6. The Balaban J connectivity index is 1.75. The van der Waals surface area contributed by atoms with Crippen molar-refractivity contribution in [1.82, 2.24) is 14.1 Å². The molecule has 10 heteroatoms. The van der Waals surface area contributed by atoms with Crippen LogP contribution in [0, 0.1) is 13.8 Å². The molecule has 0 amide bonds. The Morgan fingerprint density at radius 2 is 1.69 bits per heavy atom. The lowest BCUT2D eigenvalue weighted by Gasteiger charge is -2.19. The van der Waals surface area contributed by atoms with Gasteiger partial charge in [-0.3, -0.25) is 13.9 Å². The highest BCUT2D eigenvalue weighted by atomic mass is 19.3. The highest BCUT2D eigenvalue weighted by Gasteiger charge is 2.20. The molecule has 0 bridgehead atoms. The van der Waals surface area contributed by atoms with Crippen molar-refractivity contribution in [3.8, 4) is 34.4 Å². The first kappa shape index (κ1) is 27.6. The first-order valence-electron chi connectivity index (χ1n) is 12.3. The molecule has 204 valence electrons. The van der Waals surface area contributed by atoms with Gasteiger partial charge in [0.15, 0.2) is 11.5 Å². The van der Waals surface area contributed by atoms with Crippen molar-refractivity contribution in [1.29, 1.82) is 0 Å². The summed E-state index contributed by atoms with van der Waals surface area (Å²) in [5, 5.41) is 0. The van der Waals surface area contributed by atoms with Crippen molar-refractivity contribution in [2.45, 2.75) is 40.3 Å². The van der Waals surface area contributed by atoms with Gasteiger partial charge < -0.3 is 14.2 Å². The number of benzene rings is 2. The van der Waals surface area contributed by atoms with Gasteiger partial charge in [0.2, 0.25) is 5.88 Å². The van der Waals surface area contributed by atoms with E-state index in [0.29, 0.717) is 51.7 Å². The fourth-order valence-corrected chi connectivity index (χ4v) is 4.51. The summed E-state index contributed by atoms with van der Waals surface area (Å²) in [4.78, 5) is 30.9. The normalized spacial score (nSPS) is 11.1. The van der Waals surface area contributed by atoms with E-state index in [2.05, 4.69) is 4.98 Å². The van der Waals surface area contributed by atoms with E-state index in [1.807, 2.05) is 6.92 Å². The number of hydrogen-bond donors (Lipinski definition) is 0. The predicted octanol–water partition coefficient (Wildman–Crippen LogP) is 5.50. The molecular weight excluding hydrogens is 508 g/mol. The average Bonchev–Trinajstić information content (AvgIpc) is 2.93. The zero-order valence-electron chi connectivity index (χ0n) is 22.3. The van der Waals surface area contributed by atoms with Gasteiger partial charge in [0.25, 0.3) is 12.0 Å². The molecule has 2 aromatic carbocycles. The van der Waals surface area contributed by atoms with Crippen LogP contribution < -0.4 is 25.5 Å². The summed E-state index contributed by atoms with van der Waals surface area (Å²) >= 11 is 0. The number of nitrogens with zero attached hydrogens (tertiary/aromatic N) is 3. The molecule has 8 nitrogen and oxygen atoms in total. The minimum Gasteiger partial charge on any atom is -0.493 e. The van der Waals surface area contributed by atoms with Gasteiger partial charge in [0.1, 0.15) is 5.75 Å². The predicted molar refractivity (Wildman–Crippen MR) is 143 cm³/mol. The number of ether oxygens (including phenoxy) is 3. The van der Waals surface area contributed by atoms with Crippen LogP contribution in [0.1, 0.15) is 35.6 Å². The summed E-state index contributed by atoms with van der Waals surface area (Å²) in [6.45, 7) is 5.69. The quantitative estimate of drug-likeness (QED) is 0.280. The van der Waals surface area contributed by atoms with Crippen LogP contribution in [0.15, 0.2) is 64.3 Å². The Morgan fingerprint density at radius 1 is 0.949 bits per heavy atom. The van der Waals surface area contributed by atoms with E-state index < -0.39 is 17.7 Å². The van der Waals surface area contributed by atoms with Crippen LogP contribution >= 0.6 is 0 Å². The van der Waals surface area contributed by atoms with Crippen molar-refractivity contribution in [2.24, 2.45) is 0 Å². The van der Waals surface area contributed by atoms with Crippen molar-refractivity contribution in [3.05, 3.63) is 97.8 Å². The van der Waals surface area contributed by atoms with E-state index >= 15 is 0 Å². The average molecular weight is 538 g/mol. The highest BCUT2D eigenvalue weighted by molar-refractivity contribution is 5.68. The molecule has 4 aromatic rings. The lowest BCUT2D eigenvalue weighted by atomic mass is 10.0. The summed E-state index contributed by atoms with van der Waals surface area (Å²) in [5.74, 6) is 1.17. The molecule has 4 rings (SSSR count). The van der Waals surface area contributed by atoms with Gasteiger partial charge in [-0.05, 0) is 74.4 Å². The molecule has 0 saturated carbocycles. The van der Waals surface area contributed by atoms with Gasteiger partial charge in [-0.15, -0.1) is 0 Å². The molecule has 0 radical (unpaired) electrons. The number of methoxy groups -OCH3 is 2. The molecular formula is C29H29F2N3O5. The third-order valence-corrected chi connectivity index (χ3v) is 6.46. The molecule has 0 aliphatic heterocycles. The molecule has 39 heavy (non-hydrogen) atoms. The summed E-state index contributed by atoms with van der Waals surface area (Å²) in [6.07, 6.45) is -1.36. The number of halogens is 2. The number of rotatable bonds is 9. The van der Waals surface area contributed by atoms with Crippen molar-refractivity contribution in [3.63, 3.8) is 0 Å². The molecule has 2 aromatic heterocycles. The van der Waals surface area contributed by atoms with Gasteiger partial charge >= 0.3 is 5.69 Å². The van der Waals surface area contributed by atoms with E-state index in [4.69, 9.17) is 14.2 Å². The number of aryl methyl sites for hydroxylation is 1. The Hall–Kier alpha value is -4.47. The van der Waals surface area contributed by atoms with Gasteiger partial charge in [0.05, 0.1) is 32.0 Å². The van der Waals surface area contributed by atoms with Crippen LogP contribution in [0.5, 0.6) is 23.1 Å². The molecule has 0 fully saturated rings. The lowest BCUT2D eigenvalue weighted by molar-refractivity contribution is 0.147. The minimum atomic E-state index is -2.74. The molecule has 0 atom stereocenters. The van der Waals surface area contributed by atoms with Crippen LogP contribution in [-0.2, 0) is 13.1 Å². The highest BCUT2D eigenvalue weighted by Crippen LogP contribution is 2.33. The van der Waals surface area contributed by atoms with Gasteiger partial charge in [-0.2, -0.15) is 0 Å². The monoisotopic (exact) mass is 537 g/mol. The third-order valence-electron chi connectivity index (χ3n) is 6.46. The van der Waals surface area contributed by atoms with E-state index in [1.54, 1.807) is 54.8 Å².